The molecule has 0 aliphatic carbocycles. The van der Waals surface area contributed by atoms with Crippen molar-refractivity contribution < 1.29 is 13.2 Å². The van der Waals surface area contributed by atoms with Gasteiger partial charge in [0.2, 0.25) is 5.91 Å². The first-order chi connectivity index (χ1) is 11.3. The molecule has 1 amide bonds. The van der Waals surface area contributed by atoms with Crippen molar-refractivity contribution in [2.24, 2.45) is 5.14 Å². The van der Waals surface area contributed by atoms with Crippen LogP contribution < -0.4 is 10.5 Å². The summed E-state index contributed by atoms with van der Waals surface area (Å²) in [6, 6.07) is 7.35. The van der Waals surface area contributed by atoms with E-state index in [1.807, 2.05) is 24.0 Å². The molecule has 0 spiro atoms. The first-order valence-electron chi connectivity index (χ1n) is 7.84. The van der Waals surface area contributed by atoms with Crippen molar-refractivity contribution in [3.05, 3.63) is 34.9 Å². The Kier molecular flexibility index (Phi) is 6.59. The van der Waals surface area contributed by atoms with Crippen LogP contribution >= 0.6 is 11.6 Å². The number of nitrogens with two attached hydrogens (primary N) is 1. The molecule has 1 aromatic carbocycles. The Morgan fingerprint density at radius 3 is 2.33 bits per heavy atom. The van der Waals surface area contributed by atoms with Crippen LogP contribution in [-0.4, -0.2) is 56.3 Å². The summed E-state index contributed by atoms with van der Waals surface area (Å²) in [6.45, 7) is 3.83. The highest BCUT2D eigenvalue weighted by molar-refractivity contribution is 7.86. The zero-order valence-corrected chi connectivity index (χ0v) is 15.2. The van der Waals surface area contributed by atoms with E-state index in [1.54, 1.807) is 12.1 Å². The van der Waals surface area contributed by atoms with Gasteiger partial charge in [0.1, 0.15) is 0 Å². The summed E-state index contributed by atoms with van der Waals surface area (Å²) in [5, 5.41) is 8.78. The summed E-state index contributed by atoms with van der Waals surface area (Å²) in [4.78, 5) is 14.2. The molecule has 134 valence electrons. The standard InChI is InChI=1S/C15H23ClN4O3S/c1-2-14(12-3-5-13(16)6-4-12)18-15(21)11-19-7-9-20(10-8-19)24(17,22)23/h3-6,14H,2,7-11H2,1H3,(H,18,21)(H2,17,22,23). The van der Waals surface area contributed by atoms with Gasteiger partial charge in [-0.1, -0.05) is 30.7 Å². The number of benzene rings is 1. The third kappa shape index (κ3) is 5.42. The molecule has 1 heterocycles. The summed E-state index contributed by atoms with van der Waals surface area (Å²) in [7, 11) is -3.64. The van der Waals surface area contributed by atoms with Crippen molar-refractivity contribution in [1.82, 2.24) is 14.5 Å². The monoisotopic (exact) mass is 374 g/mol. The first kappa shape index (κ1) is 19.1. The Hall–Kier alpha value is -1.19. The highest BCUT2D eigenvalue weighted by atomic mass is 35.5. The van der Waals surface area contributed by atoms with Crippen molar-refractivity contribution in [1.29, 1.82) is 0 Å². The molecule has 0 saturated carbocycles. The number of halogens is 1. The summed E-state index contributed by atoms with van der Waals surface area (Å²) >= 11 is 5.89. The molecule has 0 bridgehead atoms. The second-order valence-corrected chi connectivity index (χ2v) is 7.78. The van der Waals surface area contributed by atoms with E-state index >= 15 is 0 Å². The molecule has 2 rings (SSSR count). The third-order valence-corrected chi connectivity index (χ3v) is 5.41. The van der Waals surface area contributed by atoms with Crippen LogP contribution in [0, 0.1) is 0 Å². The van der Waals surface area contributed by atoms with Gasteiger partial charge in [0.25, 0.3) is 10.2 Å². The predicted molar refractivity (Wildman–Crippen MR) is 93.7 cm³/mol. The number of rotatable bonds is 6. The van der Waals surface area contributed by atoms with E-state index in [0.29, 0.717) is 31.2 Å². The van der Waals surface area contributed by atoms with Crippen molar-refractivity contribution in [2.45, 2.75) is 19.4 Å². The van der Waals surface area contributed by atoms with Gasteiger partial charge in [0.15, 0.2) is 0 Å². The Morgan fingerprint density at radius 1 is 1.25 bits per heavy atom. The average Bonchev–Trinajstić information content (AvgIpc) is 2.53. The van der Waals surface area contributed by atoms with E-state index in [-0.39, 0.29) is 18.5 Å². The first-order valence-corrected chi connectivity index (χ1v) is 9.72. The number of carbonyl (C=O) groups excluding carboxylic acids is 1. The summed E-state index contributed by atoms with van der Waals surface area (Å²) in [5.74, 6) is -0.0825. The molecule has 0 radical (unpaired) electrons. The smallest absolute Gasteiger partial charge is 0.276 e. The van der Waals surface area contributed by atoms with Crippen molar-refractivity contribution in [3.8, 4) is 0 Å². The predicted octanol–water partition coefficient (Wildman–Crippen LogP) is 0.728. The number of carbonyl (C=O) groups is 1. The average molecular weight is 375 g/mol. The lowest BCUT2D eigenvalue weighted by Gasteiger charge is -2.32. The van der Waals surface area contributed by atoms with Gasteiger partial charge in [-0.25, -0.2) is 5.14 Å². The van der Waals surface area contributed by atoms with Crippen molar-refractivity contribution in [2.75, 3.05) is 32.7 Å². The molecular weight excluding hydrogens is 352 g/mol. The van der Waals surface area contributed by atoms with Crippen LogP contribution in [0.2, 0.25) is 5.02 Å². The largest absolute Gasteiger partial charge is 0.348 e. The molecule has 7 nitrogen and oxygen atoms in total. The maximum absolute atomic E-state index is 12.3. The molecule has 1 unspecified atom stereocenters. The van der Waals surface area contributed by atoms with Crippen LogP contribution in [0.15, 0.2) is 24.3 Å². The molecular formula is C15H23ClN4O3S. The molecule has 24 heavy (non-hydrogen) atoms. The molecule has 1 aliphatic heterocycles. The topological polar surface area (TPSA) is 95.7 Å². The maximum Gasteiger partial charge on any atom is 0.276 e. The zero-order valence-electron chi connectivity index (χ0n) is 13.6. The van der Waals surface area contributed by atoms with Gasteiger partial charge in [-0.15, -0.1) is 0 Å². The van der Waals surface area contributed by atoms with Gasteiger partial charge in [0.05, 0.1) is 12.6 Å². The fourth-order valence-electron chi connectivity index (χ4n) is 2.70. The molecule has 3 N–H and O–H groups in total. The van der Waals surface area contributed by atoms with Gasteiger partial charge in [-0.2, -0.15) is 12.7 Å². The number of piperazine rings is 1. The van der Waals surface area contributed by atoms with Gasteiger partial charge >= 0.3 is 0 Å². The molecule has 9 heteroatoms. The Labute approximate surface area is 147 Å². The van der Waals surface area contributed by atoms with Crippen LogP contribution in [0.4, 0.5) is 0 Å². The number of hydrogen-bond donors (Lipinski definition) is 2. The third-order valence-electron chi connectivity index (χ3n) is 4.07. The van der Waals surface area contributed by atoms with Crippen molar-refractivity contribution >= 4 is 27.7 Å². The fraction of sp³-hybridized carbons (Fsp3) is 0.533. The second-order valence-electron chi connectivity index (χ2n) is 5.80. The minimum absolute atomic E-state index is 0.0690. The molecule has 1 aromatic rings. The van der Waals surface area contributed by atoms with Gasteiger partial charge in [-0.05, 0) is 24.1 Å². The van der Waals surface area contributed by atoms with E-state index in [1.165, 1.54) is 4.31 Å². The summed E-state index contributed by atoms with van der Waals surface area (Å²) in [5.41, 5.74) is 1.01. The van der Waals surface area contributed by atoms with Crippen LogP contribution in [0.1, 0.15) is 24.9 Å². The van der Waals surface area contributed by atoms with E-state index < -0.39 is 10.2 Å². The highest BCUT2D eigenvalue weighted by Gasteiger charge is 2.25. The van der Waals surface area contributed by atoms with Gasteiger partial charge < -0.3 is 5.32 Å². The highest BCUT2D eigenvalue weighted by Crippen LogP contribution is 2.19. The molecule has 0 aromatic heterocycles. The fourth-order valence-corrected chi connectivity index (χ4v) is 3.50. The molecule has 1 fully saturated rings. The van der Waals surface area contributed by atoms with Crippen LogP contribution in [0.5, 0.6) is 0 Å². The van der Waals surface area contributed by atoms with Crippen LogP contribution in [-0.2, 0) is 15.0 Å². The normalized spacial score (nSPS) is 18.3. The molecule has 1 atom stereocenters. The van der Waals surface area contributed by atoms with Gasteiger partial charge in [0, 0.05) is 31.2 Å². The second kappa shape index (κ2) is 8.26. The number of amides is 1. The van der Waals surface area contributed by atoms with Crippen LogP contribution in [0.3, 0.4) is 0 Å². The number of hydrogen-bond acceptors (Lipinski definition) is 4. The quantitative estimate of drug-likeness (QED) is 0.767. The summed E-state index contributed by atoms with van der Waals surface area (Å²) < 4.78 is 23.8. The minimum atomic E-state index is -3.64. The van der Waals surface area contributed by atoms with E-state index in [9.17, 15) is 13.2 Å². The van der Waals surface area contributed by atoms with E-state index in [0.717, 1.165) is 12.0 Å². The number of nitrogens with one attached hydrogen (secondary N) is 1. The lowest BCUT2D eigenvalue weighted by Crippen LogP contribution is -2.52. The molecule has 1 saturated heterocycles. The Bertz CT molecular complexity index is 658. The van der Waals surface area contributed by atoms with Crippen LogP contribution in [0.25, 0.3) is 0 Å². The van der Waals surface area contributed by atoms with E-state index in [2.05, 4.69) is 5.32 Å². The minimum Gasteiger partial charge on any atom is -0.348 e. The van der Waals surface area contributed by atoms with E-state index in [4.69, 9.17) is 16.7 Å². The molecule has 1 aliphatic rings. The maximum atomic E-state index is 12.3. The zero-order chi connectivity index (χ0) is 17.7. The lowest BCUT2D eigenvalue weighted by molar-refractivity contribution is -0.123. The Morgan fingerprint density at radius 2 is 1.83 bits per heavy atom. The van der Waals surface area contributed by atoms with Gasteiger partial charge in [-0.3, -0.25) is 9.69 Å². The van der Waals surface area contributed by atoms with Crippen molar-refractivity contribution in [3.63, 3.8) is 0 Å². The lowest BCUT2D eigenvalue weighted by atomic mass is 10.0. The Balaban J connectivity index is 1.85. The summed E-state index contributed by atoms with van der Waals surface area (Å²) in [6.07, 6.45) is 0.770. The number of nitrogens with zero attached hydrogens (tertiary/aromatic N) is 2. The SMILES string of the molecule is CCC(NC(=O)CN1CCN(S(N)(=O)=O)CC1)c1ccc(Cl)cc1.